The Morgan fingerprint density at radius 3 is 2.36 bits per heavy atom. The molecule has 0 aliphatic carbocycles. The van der Waals surface area contributed by atoms with Crippen LogP contribution >= 0.6 is 0 Å². The summed E-state index contributed by atoms with van der Waals surface area (Å²) in [6, 6.07) is 11.0. The van der Waals surface area contributed by atoms with Crippen molar-refractivity contribution in [1.29, 1.82) is 0 Å². The number of carboxylic acid groups (broad SMARTS) is 1. The Hall–Kier alpha value is -3.02. The summed E-state index contributed by atoms with van der Waals surface area (Å²) in [6.07, 6.45) is 1.02. The van der Waals surface area contributed by atoms with E-state index in [1.165, 1.54) is 25.3 Å². The Balaban J connectivity index is 2.22. The van der Waals surface area contributed by atoms with Gasteiger partial charge < -0.3 is 19.3 Å². The zero-order chi connectivity index (χ0) is 20.7. The molecule has 0 fully saturated rings. The van der Waals surface area contributed by atoms with Crippen molar-refractivity contribution < 1.29 is 28.5 Å². The highest BCUT2D eigenvalue weighted by Gasteiger charge is 2.19. The van der Waals surface area contributed by atoms with Crippen LogP contribution in [-0.2, 0) is 16.1 Å². The zero-order valence-electron chi connectivity index (χ0n) is 16.5. The maximum absolute atomic E-state index is 13.8. The van der Waals surface area contributed by atoms with E-state index in [0.29, 0.717) is 16.9 Å². The maximum atomic E-state index is 13.8. The van der Waals surface area contributed by atoms with Crippen molar-refractivity contribution in [2.45, 2.75) is 39.9 Å². The molecule has 5 nitrogen and oxygen atoms in total. The summed E-state index contributed by atoms with van der Waals surface area (Å²) < 4.78 is 30.3. The molecule has 2 aromatic rings. The Morgan fingerprint density at radius 1 is 1.14 bits per heavy atom. The molecule has 0 radical (unpaired) electrons. The largest absolute Gasteiger partial charge is 0.500 e. The average Bonchev–Trinajstić information content (AvgIpc) is 2.68. The molecule has 0 amide bonds. The molecule has 6 heteroatoms. The molecule has 150 valence electrons. The van der Waals surface area contributed by atoms with Gasteiger partial charge in [-0.05, 0) is 62.2 Å². The van der Waals surface area contributed by atoms with E-state index < -0.39 is 11.8 Å². The number of aliphatic carboxylic acids is 1. The van der Waals surface area contributed by atoms with E-state index >= 15 is 0 Å². The van der Waals surface area contributed by atoms with Gasteiger partial charge in [-0.25, -0.2) is 9.18 Å². The fraction of sp³-hybridized carbons (Fsp3) is 0.318. The minimum atomic E-state index is -1.15. The van der Waals surface area contributed by atoms with Crippen molar-refractivity contribution in [3.63, 3.8) is 0 Å². The van der Waals surface area contributed by atoms with E-state index in [0.717, 1.165) is 12.2 Å². The molecule has 0 saturated heterocycles. The van der Waals surface area contributed by atoms with Gasteiger partial charge in [0.05, 0.1) is 13.2 Å². The van der Waals surface area contributed by atoms with Crippen LogP contribution < -0.4 is 9.47 Å². The normalized spacial score (nSPS) is 12.8. The molecule has 0 aromatic heterocycles. The van der Waals surface area contributed by atoms with E-state index in [-0.39, 0.29) is 24.0 Å². The molecule has 1 atom stereocenters. The van der Waals surface area contributed by atoms with Crippen LogP contribution in [0.1, 0.15) is 38.3 Å². The third kappa shape index (κ3) is 5.49. The first-order valence-corrected chi connectivity index (χ1v) is 9.02. The maximum Gasteiger partial charge on any atom is 0.339 e. The van der Waals surface area contributed by atoms with Gasteiger partial charge in [-0.15, -0.1) is 0 Å². The Morgan fingerprint density at radius 2 is 1.79 bits per heavy atom. The van der Waals surface area contributed by atoms with Crippen molar-refractivity contribution in [1.82, 2.24) is 0 Å². The van der Waals surface area contributed by atoms with Crippen molar-refractivity contribution in [3.8, 4) is 11.5 Å². The van der Waals surface area contributed by atoms with Gasteiger partial charge in [0.2, 0.25) is 0 Å². The highest BCUT2D eigenvalue weighted by Crippen LogP contribution is 2.26. The molecule has 2 rings (SSSR count). The summed E-state index contributed by atoms with van der Waals surface area (Å²) in [6.45, 7) is 5.59. The van der Waals surface area contributed by atoms with Crippen LogP contribution in [-0.4, -0.2) is 24.3 Å². The fourth-order valence-electron chi connectivity index (χ4n) is 2.57. The van der Waals surface area contributed by atoms with Crippen LogP contribution in [0.4, 0.5) is 4.39 Å². The molecule has 2 aromatic carbocycles. The monoisotopic (exact) mass is 388 g/mol. The Labute approximate surface area is 164 Å². The van der Waals surface area contributed by atoms with Crippen LogP contribution in [0.3, 0.4) is 0 Å². The van der Waals surface area contributed by atoms with Crippen LogP contribution in [0.25, 0.3) is 5.57 Å². The van der Waals surface area contributed by atoms with Gasteiger partial charge in [-0.2, -0.15) is 0 Å². The number of methoxy groups -OCH3 is 1. The SMILES string of the molecule is CCC(C)Oc1ccc(OCc2cc(F)ccc2C(C(=O)O)=C(C)OC)cc1. The average molecular weight is 388 g/mol. The summed E-state index contributed by atoms with van der Waals surface area (Å²) in [7, 11) is 1.39. The number of ether oxygens (including phenoxy) is 3. The topological polar surface area (TPSA) is 65.0 Å². The first-order chi connectivity index (χ1) is 13.3. The predicted octanol–water partition coefficient (Wildman–Crippen LogP) is 5.04. The molecule has 0 heterocycles. The number of hydrogen-bond donors (Lipinski definition) is 1. The molecular weight excluding hydrogens is 363 g/mol. The first kappa shape index (κ1) is 21.3. The standard InChI is InChI=1S/C22H25FO5/c1-5-14(2)28-19-9-7-18(8-10-19)27-13-16-12-17(23)6-11-20(16)21(22(24)25)15(3)26-4/h6-12,14H,5,13H2,1-4H3,(H,24,25). The minimum Gasteiger partial charge on any atom is -0.500 e. The van der Waals surface area contributed by atoms with Gasteiger partial charge in [0.1, 0.15) is 35.3 Å². The second kappa shape index (κ2) is 9.78. The second-order valence-electron chi connectivity index (χ2n) is 6.34. The van der Waals surface area contributed by atoms with Crippen molar-refractivity contribution in [3.05, 3.63) is 65.2 Å². The van der Waals surface area contributed by atoms with Gasteiger partial charge >= 0.3 is 5.97 Å². The van der Waals surface area contributed by atoms with Crippen molar-refractivity contribution >= 4 is 11.5 Å². The smallest absolute Gasteiger partial charge is 0.339 e. The van der Waals surface area contributed by atoms with E-state index in [9.17, 15) is 14.3 Å². The quantitative estimate of drug-likeness (QED) is 0.481. The molecule has 0 aliphatic rings. The van der Waals surface area contributed by atoms with Gasteiger partial charge in [-0.1, -0.05) is 13.0 Å². The number of carbonyl (C=O) groups is 1. The third-order valence-corrected chi connectivity index (χ3v) is 4.34. The summed E-state index contributed by atoms with van der Waals surface area (Å²) in [5.41, 5.74) is 0.733. The molecule has 0 bridgehead atoms. The van der Waals surface area contributed by atoms with Crippen LogP contribution in [0.2, 0.25) is 0 Å². The van der Waals surface area contributed by atoms with Gasteiger partial charge in [-0.3, -0.25) is 0 Å². The van der Waals surface area contributed by atoms with Crippen molar-refractivity contribution in [2.24, 2.45) is 0 Å². The molecule has 1 unspecified atom stereocenters. The lowest BCUT2D eigenvalue weighted by Crippen LogP contribution is -2.09. The number of rotatable bonds is 9. The second-order valence-corrected chi connectivity index (χ2v) is 6.34. The van der Waals surface area contributed by atoms with Gasteiger partial charge in [0.15, 0.2) is 0 Å². The van der Waals surface area contributed by atoms with Crippen molar-refractivity contribution in [2.75, 3.05) is 7.11 Å². The van der Waals surface area contributed by atoms with Crippen LogP contribution in [0.5, 0.6) is 11.5 Å². The highest BCUT2D eigenvalue weighted by atomic mass is 19.1. The van der Waals surface area contributed by atoms with E-state index in [2.05, 4.69) is 0 Å². The zero-order valence-corrected chi connectivity index (χ0v) is 16.5. The molecule has 0 saturated carbocycles. The van der Waals surface area contributed by atoms with E-state index in [1.807, 2.05) is 13.8 Å². The van der Waals surface area contributed by atoms with Crippen LogP contribution in [0.15, 0.2) is 48.2 Å². The lowest BCUT2D eigenvalue weighted by atomic mass is 9.99. The molecular formula is C22H25FO5. The number of benzene rings is 2. The molecule has 0 spiro atoms. The number of allylic oxidation sites excluding steroid dienone is 1. The summed E-state index contributed by atoms with van der Waals surface area (Å²) >= 11 is 0. The third-order valence-electron chi connectivity index (χ3n) is 4.34. The Bertz CT molecular complexity index is 843. The lowest BCUT2D eigenvalue weighted by Gasteiger charge is -2.15. The van der Waals surface area contributed by atoms with Crippen LogP contribution in [0, 0.1) is 5.82 Å². The highest BCUT2D eigenvalue weighted by molar-refractivity contribution is 6.16. The lowest BCUT2D eigenvalue weighted by molar-refractivity contribution is -0.130. The molecule has 1 N–H and O–H groups in total. The molecule has 0 aliphatic heterocycles. The van der Waals surface area contributed by atoms with Gasteiger partial charge in [0, 0.05) is 5.56 Å². The fourth-order valence-corrected chi connectivity index (χ4v) is 2.57. The predicted molar refractivity (Wildman–Crippen MR) is 105 cm³/mol. The summed E-state index contributed by atoms with van der Waals surface area (Å²) in [5.74, 6) is -0.0962. The summed E-state index contributed by atoms with van der Waals surface area (Å²) in [5, 5.41) is 9.54. The van der Waals surface area contributed by atoms with Gasteiger partial charge in [0.25, 0.3) is 0 Å². The number of halogens is 1. The minimum absolute atomic E-state index is 0.00638. The Kier molecular flexibility index (Phi) is 7.44. The number of carboxylic acids is 1. The van der Waals surface area contributed by atoms with E-state index in [1.54, 1.807) is 31.2 Å². The first-order valence-electron chi connectivity index (χ1n) is 9.02. The molecule has 28 heavy (non-hydrogen) atoms. The summed E-state index contributed by atoms with van der Waals surface area (Å²) in [4.78, 5) is 11.7. The van der Waals surface area contributed by atoms with E-state index in [4.69, 9.17) is 14.2 Å². The number of hydrogen-bond acceptors (Lipinski definition) is 4.